The lowest BCUT2D eigenvalue weighted by molar-refractivity contribution is 0.145. The van der Waals surface area contributed by atoms with Crippen molar-refractivity contribution >= 4 is 21.6 Å². The maximum Gasteiger partial charge on any atom is 0.0574 e. The first-order valence-corrected chi connectivity index (χ1v) is 6.86. The van der Waals surface area contributed by atoms with Crippen molar-refractivity contribution in [1.82, 2.24) is 5.32 Å². The highest BCUT2D eigenvalue weighted by atomic mass is 79.9. The predicted molar refractivity (Wildman–Crippen MR) is 74.4 cm³/mol. The Bertz CT molecular complexity index is 376. The molecule has 0 unspecified atom stereocenters. The molecule has 1 fully saturated rings. The number of hydrogen-bond donors (Lipinski definition) is 2. The van der Waals surface area contributed by atoms with Gasteiger partial charge in [0.15, 0.2) is 0 Å². The normalized spacial score (nSPS) is 17.5. The number of piperidine rings is 1. The molecule has 0 amide bonds. The highest BCUT2D eigenvalue weighted by Gasteiger charge is 2.19. The van der Waals surface area contributed by atoms with E-state index in [0.29, 0.717) is 0 Å². The second-order valence-electron chi connectivity index (χ2n) is 4.52. The lowest BCUT2D eigenvalue weighted by atomic mass is 10.1. The van der Waals surface area contributed by atoms with Gasteiger partial charge in [0, 0.05) is 29.8 Å². The van der Waals surface area contributed by atoms with Crippen molar-refractivity contribution in [3.63, 3.8) is 0 Å². The molecule has 1 aliphatic rings. The maximum absolute atomic E-state index is 9.54. The van der Waals surface area contributed by atoms with Gasteiger partial charge in [-0.2, -0.15) is 0 Å². The van der Waals surface area contributed by atoms with Crippen LogP contribution in [0.1, 0.15) is 18.4 Å². The second-order valence-corrected chi connectivity index (χ2v) is 5.44. The van der Waals surface area contributed by atoms with E-state index in [2.05, 4.69) is 44.3 Å². The zero-order valence-electron chi connectivity index (χ0n) is 10.1. The second kappa shape index (κ2) is 5.85. The Morgan fingerprint density at radius 3 is 2.76 bits per heavy atom. The number of halogens is 1. The third-order valence-electron chi connectivity index (χ3n) is 3.21. The molecule has 0 aromatic heterocycles. The van der Waals surface area contributed by atoms with E-state index in [4.69, 9.17) is 0 Å². The number of rotatable bonds is 3. The highest BCUT2D eigenvalue weighted by molar-refractivity contribution is 9.10. The molecule has 3 nitrogen and oxygen atoms in total. The quantitative estimate of drug-likeness (QED) is 0.897. The summed E-state index contributed by atoms with van der Waals surface area (Å²) in [5, 5.41) is 12.7. The molecule has 94 valence electrons. The standard InChI is InChI=1S/C13H19BrN2O/c1-15-9-10-8-11(14)2-3-13(10)16-6-4-12(17)5-7-16/h2-3,8,12,15,17H,4-7,9H2,1H3. The number of nitrogens with zero attached hydrogens (tertiary/aromatic N) is 1. The molecule has 17 heavy (non-hydrogen) atoms. The van der Waals surface area contributed by atoms with Crippen molar-refractivity contribution in [2.45, 2.75) is 25.5 Å². The van der Waals surface area contributed by atoms with Gasteiger partial charge in [-0.25, -0.2) is 0 Å². The molecule has 0 spiro atoms. The highest BCUT2D eigenvalue weighted by Crippen LogP contribution is 2.27. The zero-order chi connectivity index (χ0) is 12.3. The summed E-state index contributed by atoms with van der Waals surface area (Å²) in [6.45, 7) is 2.76. The van der Waals surface area contributed by atoms with E-state index >= 15 is 0 Å². The summed E-state index contributed by atoms with van der Waals surface area (Å²) >= 11 is 3.51. The van der Waals surface area contributed by atoms with Gasteiger partial charge in [-0.3, -0.25) is 0 Å². The average molecular weight is 299 g/mol. The van der Waals surface area contributed by atoms with E-state index in [1.165, 1.54) is 11.3 Å². The summed E-state index contributed by atoms with van der Waals surface area (Å²) in [5.41, 5.74) is 2.59. The molecular weight excluding hydrogens is 280 g/mol. The third kappa shape index (κ3) is 3.21. The molecule has 1 saturated heterocycles. The maximum atomic E-state index is 9.54. The van der Waals surface area contributed by atoms with Crippen molar-refractivity contribution < 1.29 is 5.11 Å². The van der Waals surface area contributed by atoms with Crippen molar-refractivity contribution in [3.8, 4) is 0 Å². The van der Waals surface area contributed by atoms with Gasteiger partial charge in [-0.15, -0.1) is 0 Å². The van der Waals surface area contributed by atoms with Gasteiger partial charge in [0.1, 0.15) is 0 Å². The lowest BCUT2D eigenvalue weighted by Crippen LogP contribution is -2.36. The minimum Gasteiger partial charge on any atom is -0.393 e. The monoisotopic (exact) mass is 298 g/mol. The Morgan fingerprint density at radius 2 is 2.12 bits per heavy atom. The molecule has 2 rings (SSSR count). The molecule has 1 aliphatic heterocycles. The summed E-state index contributed by atoms with van der Waals surface area (Å²) in [7, 11) is 1.96. The molecule has 4 heteroatoms. The predicted octanol–water partition coefficient (Wildman–Crippen LogP) is 2.13. The van der Waals surface area contributed by atoms with Gasteiger partial charge >= 0.3 is 0 Å². The minimum atomic E-state index is -0.116. The van der Waals surface area contributed by atoms with Crippen LogP contribution in [0, 0.1) is 0 Å². The molecule has 1 heterocycles. The van der Waals surface area contributed by atoms with Crippen molar-refractivity contribution in [2.24, 2.45) is 0 Å². The first-order valence-electron chi connectivity index (χ1n) is 6.06. The van der Waals surface area contributed by atoms with Crippen molar-refractivity contribution in [3.05, 3.63) is 28.2 Å². The number of aliphatic hydroxyl groups is 1. The molecule has 0 aliphatic carbocycles. The van der Waals surface area contributed by atoms with Gasteiger partial charge in [0.25, 0.3) is 0 Å². The first kappa shape index (κ1) is 12.9. The molecular formula is C13H19BrN2O. The van der Waals surface area contributed by atoms with Crippen LogP contribution in [-0.2, 0) is 6.54 Å². The Balaban J connectivity index is 2.18. The van der Waals surface area contributed by atoms with Crippen LogP contribution in [0.4, 0.5) is 5.69 Å². The van der Waals surface area contributed by atoms with Crippen LogP contribution in [0.3, 0.4) is 0 Å². The Hall–Kier alpha value is -0.580. The molecule has 0 saturated carbocycles. The van der Waals surface area contributed by atoms with E-state index in [1.54, 1.807) is 0 Å². The molecule has 1 aromatic carbocycles. The zero-order valence-corrected chi connectivity index (χ0v) is 11.7. The van der Waals surface area contributed by atoms with Crippen molar-refractivity contribution in [1.29, 1.82) is 0 Å². The van der Waals surface area contributed by atoms with Crippen LogP contribution in [0.2, 0.25) is 0 Å². The Morgan fingerprint density at radius 1 is 1.41 bits per heavy atom. The summed E-state index contributed by atoms with van der Waals surface area (Å²) in [6.07, 6.45) is 1.62. The van der Waals surface area contributed by atoms with Crippen LogP contribution in [0.5, 0.6) is 0 Å². The van der Waals surface area contributed by atoms with Gasteiger partial charge in [-0.1, -0.05) is 15.9 Å². The fraction of sp³-hybridized carbons (Fsp3) is 0.538. The molecule has 1 aromatic rings. The Labute approximate surface area is 111 Å². The fourth-order valence-electron chi connectivity index (χ4n) is 2.30. The van der Waals surface area contributed by atoms with Gasteiger partial charge in [-0.05, 0) is 43.7 Å². The molecule has 0 atom stereocenters. The van der Waals surface area contributed by atoms with Gasteiger partial charge in [0.05, 0.1) is 6.10 Å². The topological polar surface area (TPSA) is 35.5 Å². The SMILES string of the molecule is CNCc1cc(Br)ccc1N1CCC(O)CC1. The van der Waals surface area contributed by atoms with Crippen LogP contribution in [0.25, 0.3) is 0 Å². The van der Waals surface area contributed by atoms with E-state index in [9.17, 15) is 5.11 Å². The largest absolute Gasteiger partial charge is 0.393 e. The van der Waals surface area contributed by atoms with Crippen molar-refractivity contribution in [2.75, 3.05) is 25.0 Å². The average Bonchev–Trinajstić information content (AvgIpc) is 2.31. The smallest absolute Gasteiger partial charge is 0.0574 e. The number of nitrogens with one attached hydrogen (secondary N) is 1. The van der Waals surface area contributed by atoms with Crippen LogP contribution >= 0.6 is 15.9 Å². The number of aliphatic hydroxyl groups excluding tert-OH is 1. The van der Waals surface area contributed by atoms with Crippen LogP contribution in [-0.4, -0.2) is 31.3 Å². The minimum absolute atomic E-state index is 0.116. The summed E-state index contributed by atoms with van der Waals surface area (Å²) < 4.78 is 1.11. The van der Waals surface area contributed by atoms with Gasteiger partial charge in [0.2, 0.25) is 0 Å². The molecule has 0 radical (unpaired) electrons. The van der Waals surface area contributed by atoms with E-state index < -0.39 is 0 Å². The Kier molecular flexibility index (Phi) is 4.42. The lowest BCUT2D eigenvalue weighted by Gasteiger charge is -2.33. The number of hydrogen-bond acceptors (Lipinski definition) is 3. The summed E-state index contributed by atoms with van der Waals surface area (Å²) in [6, 6.07) is 6.41. The molecule has 2 N–H and O–H groups in total. The van der Waals surface area contributed by atoms with Gasteiger partial charge < -0.3 is 15.3 Å². The fourth-order valence-corrected chi connectivity index (χ4v) is 2.71. The summed E-state index contributed by atoms with van der Waals surface area (Å²) in [5.74, 6) is 0. The molecule has 0 bridgehead atoms. The van der Waals surface area contributed by atoms with Crippen LogP contribution in [0.15, 0.2) is 22.7 Å². The first-order chi connectivity index (χ1) is 8.20. The number of anilines is 1. The third-order valence-corrected chi connectivity index (χ3v) is 3.71. The van der Waals surface area contributed by atoms with E-state index in [1.807, 2.05) is 7.05 Å². The number of benzene rings is 1. The van der Waals surface area contributed by atoms with Crippen LogP contribution < -0.4 is 10.2 Å². The van der Waals surface area contributed by atoms with E-state index in [-0.39, 0.29) is 6.10 Å². The summed E-state index contributed by atoms with van der Waals surface area (Å²) in [4.78, 5) is 2.37. The van der Waals surface area contributed by atoms with E-state index in [0.717, 1.165) is 36.9 Å².